The second kappa shape index (κ2) is 6.02. The lowest BCUT2D eigenvalue weighted by Crippen LogP contribution is -2.29. The topological polar surface area (TPSA) is 35.2 Å². The van der Waals surface area contributed by atoms with Crippen LogP contribution in [-0.2, 0) is 4.74 Å². The summed E-state index contributed by atoms with van der Waals surface area (Å²) in [6.07, 6.45) is 4.92. The molecule has 1 aliphatic carbocycles. The summed E-state index contributed by atoms with van der Waals surface area (Å²) in [5.74, 6) is -0.243. The summed E-state index contributed by atoms with van der Waals surface area (Å²) in [6.45, 7) is 5.08. The molecule has 0 amide bonds. The van der Waals surface area contributed by atoms with Crippen LogP contribution in [0.25, 0.3) is 0 Å². The van der Waals surface area contributed by atoms with Gasteiger partial charge in [0.05, 0.1) is 18.8 Å². The zero-order valence-corrected chi connectivity index (χ0v) is 11.9. The molecule has 1 aromatic rings. The van der Waals surface area contributed by atoms with Crippen molar-refractivity contribution in [3.63, 3.8) is 0 Å². The van der Waals surface area contributed by atoms with E-state index in [-0.39, 0.29) is 11.9 Å². The van der Waals surface area contributed by atoms with E-state index in [9.17, 15) is 4.39 Å². The summed E-state index contributed by atoms with van der Waals surface area (Å²) in [5, 5.41) is 0. The minimum atomic E-state index is -0.245. The number of benzene rings is 1. The Morgan fingerprint density at radius 3 is 2.68 bits per heavy atom. The summed E-state index contributed by atoms with van der Waals surface area (Å²) < 4.78 is 19.0. The van der Waals surface area contributed by atoms with E-state index in [2.05, 4.69) is 13.8 Å². The molecule has 2 N–H and O–H groups in total. The molecule has 1 fully saturated rings. The second-order valence-corrected chi connectivity index (χ2v) is 6.36. The van der Waals surface area contributed by atoms with Crippen LogP contribution >= 0.6 is 0 Å². The van der Waals surface area contributed by atoms with Crippen molar-refractivity contribution in [3.8, 4) is 0 Å². The van der Waals surface area contributed by atoms with Crippen LogP contribution in [0.1, 0.15) is 51.1 Å². The first-order valence-electron chi connectivity index (χ1n) is 7.09. The Balaban J connectivity index is 1.80. The van der Waals surface area contributed by atoms with Crippen LogP contribution in [0.3, 0.4) is 0 Å². The molecule has 19 heavy (non-hydrogen) atoms. The fourth-order valence-electron chi connectivity index (χ4n) is 2.61. The van der Waals surface area contributed by atoms with Crippen molar-refractivity contribution < 1.29 is 9.13 Å². The molecule has 0 saturated heterocycles. The molecule has 106 valence electrons. The van der Waals surface area contributed by atoms with E-state index in [1.165, 1.54) is 25.0 Å². The van der Waals surface area contributed by atoms with Crippen LogP contribution in [0.5, 0.6) is 0 Å². The maximum atomic E-state index is 13.1. The van der Waals surface area contributed by atoms with Gasteiger partial charge in [-0.15, -0.1) is 0 Å². The Kier molecular flexibility index (Phi) is 4.58. The van der Waals surface area contributed by atoms with Crippen LogP contribution in [0.15, 0.2) is 24.3 Å². The summed E-state index contributed by atoms with van der Waals surface area (Å²) in [4.78, 5) is 0. The zero-order chi connectivity index (χ0) is 13.9. The number of rotatable bonds is 4. The van der Waals surface area contributed by atoms with Crippen molar-refractivity contribution in [1.82, 2.24) is 0 Å². The van der Waals surface area contributed by atoms with E-state index in [1.54, 1.807) is 6.07 Å². The third kappa shape index (κ3) is 4.29. The SMILES string of the molecule is CC1(C)CCC(OCC(N)c2cccc(F)c2)CC1. The second-order valence-electron chi connectivity index (χ2n) is 6.36. The van der Waals surface area contributed by atoms with Crippen molar-refractivity contribution in [2.75, 3.05) is 6.61 Å². The highest BCUT2D eigenvalue weighted by molar-refractivity contribution is 5.19. The fraction of sp³-hybridized carbons (Fsp3) is 0.625. The first-order chi connectivity index (χ1) is 8.96. The molecule has 0 spiro atoms. The van der Waals surface area contributed by atoms with Gasteiger partial charge >= 0.3 is 0 Å². The average Bonchev–Trinajstić information content (AvgIpc) is 2.37. The predicted molar refractivity (Wildman–Crippen MR) is 75.3 cm³/mol. The molecule has 1 saturated carbocycles. The largest absolute Gasteiger partial charge is 0.376 e. The van der Waals surface area contributed by atoms with Gasteiger partial charge in [0.2, 0.25) is 0 Å². The van der Waals surface area contributed by atoms with Crippen molar-refractivity contribution >= 4 is 0 Å². The number of nitrogens with two attached hydrogens (primary N) is 1. The lowest BCUT2D eigenvalue weighted by atomic mass is 9.76. The molecule has 2 rings (SSSR count). The lowest BCUT2D eigenvalue weighted by Gasteiger charge is -2.34. The summed E-state index contributed by atoms with van der Waals surface area (Å²) in [5.41, 5.74) is 7.29. The van der Waals surface area contributed by atoms with Crippen LogP contribution in [-0.4, -0.2) is 12.7 Å². The van der Waals surface area contributed by atoms with Gasteiger partial charge in [0.1, 0.15) is 5.82 Å². The third-order valence-electron chi connectivity index (χ3n) is 4.07. The van der Waals surface area contributed by atoms with Gasteiger partial charge in [0.25, 0.3) is 0 Å². The average molecular weight is 265 g/mol. The standard InChI is InChI=1S/C16H24FNO/c1-16(2)8-6-14(7-9-16)19-11-15(18)12-4-3-5-13(17)10-12/h3-5,10,14-15H,6-9,11,18H2,1-2H3. The molecule has 2 nitrogen and oxygen atoms in total. The molecule has 0 aromatic heterocycles. The highest BCUT2D eigenvalue weighted by Crippen LogP contribution is 2.36. The first-order valence-corrected chi connectivity index (χ1v) is 7.09. The Morgan fingerprint density at radius 1 is 1.37 bits per heavy atom. The lowest BCUT2D eigenvalue weighted by molar-refractivity contribution is -0.00186. The first kappa shape index (κ1) is 14.5. The highest BCUT2D eigenvalue weighted by atomic mass is 19.1. The summed E-state index contributed by atoms with van der Waals surface area (Å²) in [6, 6.07) is 6.21. The molecule has 3 heteroatoms. The van der Waals surface area contributed by atoms with Crippen LogP contribution in [0.4, 0.5) is 4.39 Å². The van der Waals surface area contributed by atoms with Crippen LogP contribution < -0.4 is 5.73 Å². The molecular weight excluding hydrogens is 241 g/mol. The Morgan fingerprint density at radius 2 is 2.05 bits per heavy atom. The molecule has 1 aromatic carbocycles. The minimum absolute atomic E-state index is 0.243. The molecule has 0 aliphatic heterocycles. The van der Waals surface area contributed by atoms with Crippen molar-refractivity contribution in [2.45, 2.75) is 51.7 Å². The molecule has 0 radical (unpaired) electrons. The van der Waals surface area contributed by atoms with E-state index >= 15 is 0 Å². The smallest absolute Gasteiger partial charge is 0.123 e. The summed E-state index contributed by atoms with van der Waals surface area (Å²) in [7, 11) is 0. The molecule has 1 atom stereocenters. The number of hydrogen-bond donors (Lipinski definition) is 1. The third-order valence-corrected chi connectivity index (χ3v) is 4.07. The van der Waals surface area contributed by atoms with Gasteiger partial charge < -0.3 is 10.5 Å². The van der Waals surface area contributed by atoms with E-state index in [0.717, 1.165) is 18.4 Å². The van der Waals surface area contributed by atoms with Crippen molar-refractivity contribution in [1.29, 1.82) is 0 Å². The normalized spacial score (nSPS) is 21.3. The Hall–Kier alpha value is -0.930. The molecule has 0 heterocycles. The van der Waals surface area contributed by atoms with Crippen molar-refractivity contribution in [2.24, 2.45) is 11.1 Å². The van der Waals surface area contributed by atoms with Gasteiger partial charge in [0.15, 0.2) is 0 Å². The van der Waals surface area contributed by atoms with E-state index in [4.69, 9.17) is 10.5 Å². The van der Waals surface area contributed by atoms with Crippen LogP contribution in [0, 0.1) is 11.2 Å². The molecule has 0 bridgehead atoms. The molecule has 1 unspecified atom stereocenters. The Bertz CT molecular complexity index is 409. The van der Waals surface area contributed by atoms with Gasteiger partial charge in [-0.2, -0.15) is 0 Å². The monoisotopic (exact) mass is 265 g/mol. The number of hydrogen-bond acceptors (Lipinski definition) is 2. The molecule has 1 aliphatic rings. The fourth-order valence-corrected chi connectivity index (χ4v) is 2.61. The van der Waals surface area contributed by atoms with Gasteiger partial charge in [-0.1, -0.05) is 26.0 Å². The molecular formula is C16H24FNO. The predicted octanol–water partition coefficient (Wildman–Crippen LogP) is 3.81. The quantitative estimate of drug-likeness (QED) is 0.898. The maximum absolute atomic E-state index is 13.1. The van der Waals surface area contributed by atoms with Gasteiger partial charge in [-0.25, -0.2) is 4.39 Å². The van der Waals surface area contributed by atoms with Gasteiger partial charge in [0, 0.05) is 0 Å². The van der Waals surface area contributed by atoms with E-state index in [1.807, 2.05) is 6.07 Å². The maximum Gasteiger partial charge on any atom is 0.123 e. The van der Waals surface area contributed by atoms with E-state index in [0.29, 0.717) is 18.1 Å². The summed E-state index contributed by atoms with van der Waals surface area (Å²) >= 11 is 0. The van der Waals surface area contributed by atoms with Crippen LogP contribution in [0.2, 0.25) is 0 Å². The number of halogens is 1. The van der Waals surface area contributed by atoms with Gasteiger partial charge in [-0.3, -0.25) is 0 Å². The van der Waals surface area contributed by atoms with Gasteiger partial charge in [-0.05, 0) is 48.8 Å². The number of ether oxygens (including phenoxy) is 1. The minimum Gasteiger partial charge on any atom is -0.376 e. The zero-order valence-electron chi connectivity index (χ0n) is 11.9. The Labute approximate surface area is 115 Å². The van der Waals surface area contributed by atoms with Crippen molar-refractivity contribution in [3.05, 3.63) is 35.6 Å². The highest BCUT2D eigenvalue weighted by Gasteiger charge is 2.27. The van der Waals surface area contributed by atoms with E-state index < -0.39 is 0 Å².